The minimum absolute atomic E-state index is 0.133. The molecule has 0 atom stereocenters. The van der Waals surface area contributed by atoms with Gasteiger partial charge < -0.3 is 14.9 Å². The summed E-state index contributed by atoms with van der Waals surface area (Å²) in [6.07, 6.45) is 3.49. The molecule has 1 aromatic heterocycles. The number of carbonyl (C=O) groups is 2. The standard InChI is InChI=1S/C13H10ClN3O4/c14-10-5-9(2-1-8(10)3-4-12(18)19)13(20)15-6-11-16-7-21-17-11/h1-5,7H,6H2,(H,15,20)(H,18,19)/b4-3+. The van der Waals surface area contributed by atoms with Crippen LogP contribution in [0.3, 0.4) is 0 Å². The normalized spacial score (nSPS) is 10.7. The van der Waals surface area contributed by atoms with E-state index in [-0.39, 0.29) is 17.5 Å². The van der Waals surface area contributed by atoms with Crippen molar-refractivity contribution in [2.24, 2.45) is 0 Å². The zero-order valence-corrected chi connectivity index (χ0v) is 11.4. The van der Waals surface area contributed by atoms with Crippen molar-refractivity contribution in [1.29, 1.82) is 0 Å². The van der Waals surface area contributed by atoms with Crippen molar-refractivity contribution in [3.05, 3.63) is 52.6 Å². The molecule has 0 aliphatic heterocycles. The predicted octanol–water partition coefficient (Wildman–Crippen LogP) is 1.75. The van der Waals surface area contributed by atoms with Gasteiger partial charge in [-0.2, -0.15) is 4.98 Å². The van der Waals surface area contributed by atoms with E-state index in [4.69, 9.17) is 16.7 Å². The van der Waals surface area contributed by atoms with Crippen molar-refractivity contribution in [2.45, 2.75) is 6.54 Å². The second-order valence-electron chi connectivity index (χ2n) is 3.94. The van der Waals surface area contributed by atoms with E-state index in [9.17, 15) is 9.59 Å². The largest absolute Gasteiger partial charge is 0.478 e. The molecule has 0 fully saturated rings. The van der Waals surface area contributed by atoms with E-state index in [1.807, 2.05) is 0 Å². The third-order valence-corrected chi connectivity index (χ3v) is 2.81. The molecule has 0 aliphatic rings. The van der Waals surface area contributed by atoms with Gasteiger partial charge in [0.1, 0.15) is 0 Å². The highest BCUT2D eigenvalue weighted by Crippen LogP contribution is 2.19. The molecule has 1 aromatic carbocycles. The summed E-state index contributed by atoms with van der Waals surface area (Å²) < 4.78 is 4.54. The highest BCUT2D eigenvalue weighted by atomic mass is 35.5. The fourth-order valence-corrected chi connectivity index (χ4v) is 1.74. The summed E-state index contributed by atoms with van der Waals surface area (Å²) in [7, 11) is 0. The van der Waals surface area contributed by atoms with Crippen LogP contribution in [0.25, 0.3) is 6.08 Å². The summed E-state index contributed by atoms with van der Waals surface area (Å²) in [4.78, 5) is 26.1. The molecule has 0 spiro atoms. The number of nitrogens with zero attached hydrogens (tertiary/aromatic N) is 2. The van der Waals surface area contributed by atoms with E-state index in [2.05, 4.69) is 20.0 Å². The number of benzene rings is 1. The van der Waals surface area contributed by atoms with Crippen LogP contribution in [-0.2, 0) is 11.3 Å². The third kappa shape index (κ3) is 4.15. The number of nitrogens with one attached hydrogen (secondary N) is 1. The van der Waals surface area contributed by atoms with E-state index in [1.54, 1.807) is 12.1 Å². The quantitative estimate of drug-likeness (QED) is 0.815. The first kappa shape index (κ1) is 14.7. The van der Waals surface area contributed by atoms with Gasteiger partial charge in [-0.05, 0) is 23.8 Å². The van der Waals surface area contributed by atoms with Crippen molar-refractivity contribution in [3.63, 3.8) is 0 Å². The molecule has 0 aliphatic carbocycles. The zero-order chi connectivity index (χ0) is 15.2. The minimum atomic E-state index is -1.08. The zero-order valence-electron chi connectivity index (χ0n) is 10.6. The Morgan fingerprint density at radius 3 is 2.86 bits per heavy atom. The molecule has 2 N–H and O–H groups in total. The lowest BCUT2D eigenvalue weighted by atomic mass is 10.1. The Bertz CT molecular complexity index is 683. The Morgan fingerprint density at radius 2 is 2.24 bits per heavy atom. The van der Waals surface area contributed by atoms with Crippen molar-refractivity contribution >= 4 is 29.6 Å². The maximum absolute atomic E-state index is 11.9. The van der Waals surface area contributed by atoms with Gasteiger partial charge in [0, 0.05) is 16.7 Å². The van der Waals surface area contributed by atoms with Gasteiger partial charge in [0.25, 0.3) is 5.91 Å². The first-order chi connectivity index (χ1) is 10.1. The van der Waals surface area contributed by atoms with Crippen LogP contribution < -0.4 is 5.32 Å². The Morgan fingerprint density at radius 1 is 1.43 bits per heavy atom. The SMILES string of the molecule is O=C(O)/C=C/c1ccc(C(=O)NCc2ncon2)cc1Cl. The number of amides is 1. The Balaban J connectivity index is 2.05. The molecular weight excluding hydrogens is 298 g/mol. The van der Waals surface area contributed by atoms with Crippen molar-refractivity contribution in [3.8, 4) is 0 Å². The number of carbonyl (C=O) groups excluding carboxylic acids is 1. The second-order valence-corrected chi connectivity index (χ2v) is 4.35. The van der Waals surface area contributed by atoms with Crippen molar-refractivity contribution < 1.29 is 19.2 Å². The first-order valence-electron chi connectivity index (χ1n) is 5.80. The van der Waals surface area contributed by atoms with Crippen LogP contribution >= 0.6 is 11.6 Å². The molecule has 21 heavy (non-hydrogen) atoms. The highest BCUT2D eigenvalue weighted by molar-refractivity contribution is 6.32. The van der Waals surface area contributed by atoms with Gasteiger partial charge in [0.2, 0.25) is 6.39 Å². The number of halogens is 1. The van der Waals surface area contributed by atoms with Gasteiger partial charge in [0.05, 0.1) is 6.54 Å². The number of rotatable bonds is 5. The summed E-state index contributed by atoms with van der Waals surface area (Å²) in [6, 6.07) is 4.55. The van der Waals surface area contributed by atoms with Gasteiger partial charge in [-0.1, -0.05) is 22.8 Å². The van der Waals surface area contributed by atoms with Gasteiger partial charge in [-0.15, -0.1) is 0 Å². The molecule has 0 unspecified atom stereocenters. The van der Waals surface area contributed by atoms with E-state index < -0.39 is 5.97 Å². The van der Waals surface area contributed by atoms with Crippen LogP contribution in [0.4, 0.5) is 0 Å². The Hall–Kier alpha value is -2.67. The van der Waals surface area contributed by atoms with Crippen LogP contribution in [-0.4, -0.2) is 27.1 Å². The molecule has 1 amide bonds. The smallest absolute Gasteiger partial charge is 0.328 e. The molecule has 2 rings (SSSR count). The van der Waals surface area contributed by atoms with Crippen LogP contribution in [0.5, 0.6) is 0 Å². The average molecular weight is 308 g/mol. The van der Waals surface area contributed by atoms with E-state index in [0.717, 1.165) is 6.08 Å². The van der Waals surface area contributed by atoms with Crippen molar-refractivity contribution in [1.82, 2.24) is 15.5 Å². The molecule has 0 saturated carbocycles. The van der Waals surface area contributed by atoms with Crippen LogP contribution in [0, 0.1) is 0 Å². The molecule has 1 heterocycles. The maximum Gasteiger partial charge on any atom is 0.328 e. The average Bonchev–Trinajstić information content (AvgIpc) is 2.96. The van der Waals surface area contributed by atoms with E-state index >= 15 is 0 Å². The van der Waals surface area contributed by atoms with Gasteiger partial charge in [-0.25, -0.2) is 4.79 Å². The number of hydrogen-bond acceptors (Lipinski definition) is 5. The Kier molecular flexibility index (Phi) is 4.68. The summed E-state index contributed by atoms with van der Waals surface area (Å²) in [5, 5.41) is 15.0. The second kappa shape index (κ2) is 6.67. The molecule has 0 saturated heterocycles. The lowest BCUT2D eigenvalue weighted by molar-refractivity contribution is -0.131. The summed E-state index contributed by atoms with van der Waals surface area (Å²) in [6.45, 7) is 0.133. The molecule has 8 heteroatoms. The summed E-state index contributed by atoms with van der Waals surface area (Å²) >= 11 is 5.99. The van der Waals surface area contributed by atoms with E-state index in [1.165, 1.54) is 18.5 Å². The fraction of sp³-hybridized carbons (Fsp3) is 0.0769. The monoisotopic (exact) mass is 307 g/mol. The van der Waals surface area contributed by atoms with Gasteiger partial charge in [0.15, 0.2) is 5.82 Å². The highest BCUT2D eigenvalue weighted by Gasteiger charge is 2.09. The number of hydrogen-bond donors (Lipinski definition) is 2. The lowest BCUT2D eigenvalue weighted by Gasteiger charge is -2.05. The summed E-state index contributed by atoms with van der Waals surface area (Å²) in [5.74, 6) is -1.07. The van der Waals surface area contributed by atoms with Crippen LogP contribution in [0.1, 0.15) is 21.7 Å². The number of carboxylic acids is 1. The molecule has 2 aromatic rings. The maximum atomic E-state index is 11.9. The third-order valence-electron chi connectivity index (χ3n) is 2.48. The fourth-order valence-electron chi connectivity index (χ4n) is 1.50. The molecule has 0 radical (unpaired) electrons. The number of aliphatic carboxylic acids is 1. The minimum Gasteiger partial charge on any atom is -0.478 e. The number of aromatic nitrogens is 2. The van der Waals surface area contributed by atoms with Gasteiger partial charge >= 0.3 is 5.97 Å². The lowest BCUT2D eigenvalue weighted by Crippen LogP contribution is -2.23. The van der Waals surface area contributed by atoms with Gasteiger partial charge in [-0.3, -0.25) is 4.79 Å². The van der Waals surface area contributed by atoms with E-state index in [0.29, 0.717) is 17.0 Å². The molecule has 7 nitrogen and oxygen atoms in total. The van der Waals surface area contributed by atoms with Crippen LogP contribution in [0.15, 0.2) is 35.2 Å². The Labute approximate surface area is 124 Å². The van der Waals surface area contributed by atoms with Crippen molar-refractivity contribution in [2.75, 3.05) is 0 Å². The summed E-state index contributed by atoms with van der Waals surface area (Å²) in [5.41, 5.74) is 0.852. The molecule has 0 bridgehead atoms. The first-order valence-corrected chi connectivity index (χ1v) is 6.18. The molecule has 108 valence electrons. The number of carboxylic acid groups (broad SMARTS) is 1. The predicted molar refractivity (Wildman–Crippen MR) is 73.6 cm³/mol. The topological polar surface area (TPSA) is 105 Å². The molecular formula is C13H10ClN3O4. The van der Waals surface area contributed by atoms with Crippen LogP contribution in [0.2, 0.25) is 5.02 Å².